The van der Waals surface area contributed by atoms with Crippen molar-refractivity contribution < 1.29 is 14.6 Å². The predicted octanol–water partition coefficient (Wildman–Crippen LogP) is 7.71. The molecular formula is C29H40O3. The van der Waals surface area contributed by atoms with Gasteiger partial charge in [-0.3, -0.25) is 4.79 Å². The second kappa shape index (κ2) is 12.1. The molecule has 0 aliphatic heterocycles. The smallest absolute Gasteiger partial charge is 0.311 e. The number of benzene rings is 2. The molecule has 1 aliphatic rings. The number of phenols is 1. The number of aromatic hydroxyl groups is 1. The second-order valence-corrected chi connectivity index (χ2v) is 9.28. The first-order valence-corrected chi connectivity index (χ1v) is 12.7. The van der Waals surface area contributed by atoms with E-state index in [9.17, 15) is 9.90 Å². The molecule has 0 radical (unpaired) electrons. The summed E-state index contributed by atoms with van der Waals surface area (Å²) in [5.41, 5.74) is 4.50. The molecule has 0 bridgehead atoms. The Morgan fingerprint density at radius 2 is 1.59 bits per heavy atom. The summed E-state index contributed by atoms with van der Waals surface area (Å²) in [5, 5.41) is 10.9. The molecule has 1 aliphatic carbocycles. The zero-order valence-corrected chi connectivity index (χ0v) is 20.2. The number of hydrogen-bond acceptors (Lipinski definition) is 3. The molecule has 3 heteroatoms. The summed E-state index contributed by atoms with van der Waals surface area (Å²) in [6.45, 7) is 6.44. The van der Waals surface area contributed by atoms with Crippen molar-refractivity contribution in [2.75, 3.05) is 0 Å². The van der Waals surface area contributed by atoms with Crippen LogP contribution in [-0.2, 0) is 17.6 Å². The van der Waals surface area contributed by atoms with E-state index in [2.05, 4.69) is 39.0 Å². The van der Waals surface area contributed by atoms with E-state index in [1.165, 1.54) is 30.4 Å². The van der Waals surface area contributed by atoms with E-state index in [1.807, 2.05) is 18.2 Å². The molecule has 1 saturated carbocycles. The summed E-state index contributed by atoms with van der Waals surface area (Å²) in [7, 11) is 0. The summed E-state index contributed by atoms with van der Waals surface area (Å²) < 4.78 is 5.96. The molecule has 1 unspecified atom stereocenters. The van der Waals surface area contributed by atoms with Crippen LogP contribution in [0.1, 0.15) is 107 Å². The summed E-state index contributed by atoms with van der Waals surface area (Å²) in [6.07, 6.45) is 11.3. The van der Waals surface area contributed by atoms with Crippen LogP contribution in [0.4, 0.5) is 0 Å². The lowest BCUT2D eigenvalue weighted by atomic mass is 9.72. The van der Waals surface area contributed by atoms with Gasteiger partial charge in [0.15, 0.2) is 0 Å². The Balaban J connectivity index is 2.05. The van der Waals surface area contributed by atoms with Crippen LogP contribution in [-0.4, -0.2) is 11.1 Å². The normalized spacial score (nSPS) is 15.5. The van der Waals surface area contributed by atoms with Gasteiger partial charge in [-0.05, 0) is 61.3 Å². The average molecular weight is 437 g/mol. The van der Waals surface area contributed by atoms with Gasteiger partial charge in [0.25, 0.3) is 0 Å². The molecule has 2 aromatic rings. The minimum atomic E-state index is -0.155. The Hall–Kier alpha value is -2.29. The monoisotopic (exact) mass is 436 g/mol. The van der Waals surface area contributed by atoms with Crippen molar-refractivity contribution in [2.45, 2.75) is 97.3 Å². The van der Waals surface area contributed by atoms with Crippen LogP contribution in [0.2, 0.25) is 0 Å². The fourth-order valence-electron chi connectivity index (χ4n) is 5.06. The minimum Gasteiger partial charge on any atom is -0.508 e. The number of unbranched alkanes of at least 4 members (excludes halogenated alkanes) is 2. The van der Waals surface area contributed by atoms with Crippen molar-refractivity contribution in [3.05, 3.63) is 58.7 Å². The van der Waals surface area contributed by atoms with Crippen molar-refractivity contribution in [2.24, 2.45) is 5.92 Å². The van der Waals surface area contributed by atoms with Crippen LogP contribution in [0.3, 0.4) is 0 Å². The molecule has 174 valence electrons. The zero-order valence-electron chi connectivity index (χ0n) is 20.2. The van der Waals surface area contributed by atoms with E-state index in [4.69, 9.17) is 4.74 Å². The Kier molecular flexibility index (Phi) is 9.20. The highest BCUT2D eigenvalue weighted by atomic mass is 16.5. The minimum absolute atomic E-state index is 0.0340. The molecule has 0 spiro atoms. The lowest BCUT2D eigenvalue weighted by Crippen LogP contribution is -2.20. The van der Waals surface area contributed by atoms with Crippen molar-refractivity contribution in [1.82, 2.24) is 0 Å². The van der Waals surface area contributed by atoms with Gasteiger partial charge in [-0.2, -0.15) is 0 Å². The predicted molar refractivity (Wildman–Crippen MR) is 131 cm³/mol. The number of hydrogen-bond donors (Lipinski definition) is 1. The van der Waals surface area contributed by atoms with Gasteiger partial charge in [-0.25, -0.2) is 0 Å². The van der Waals surface area contributed by atoms with Gasteiger partial charge in [0, 0.05) is 23.5 Å². The van der Waals surface area contributed by atoms with Gasteiger partial charge < -0.3 is 9.84 Å². The lowest BCUT2D eigenvalue weighted by molar-refractivity contribution is -0.134. The summed E-state index contributed by atoms with van der Waals surface area (Å²) in [4.78, 5) is 12.6. The lowest BCUT2D eigenvalue weighted by Gasteiger charge is -2.33. The van der Waals surface area contributed by atoms with Crippen molar-refractivity contribution in [1.29, 1.82) is 0 Å². The maximum absolute atomic E-state index is 12.6. The third kappa shape index (κ3) is 6.15. The summed E-state index contributed by atoms with van der Waals surface area (Å²) in [6, 6.07) is 12.3. The number of phenolic OH excluding ortho intramolecular Hbond substituents is 1. The largest absolute Gasteiger partial charge is 0.508 e. The number of carbonyl (C=O) groups excluding carboxylic acids is 1. The molecule has 1 N–H and O–H groups in total. The van der Waals surface area contributed by atoms with E-state index in [-0.39, 0.29) is 11.9 Å². The van der Waals surface area contributed by atoms with E-state index >= 15 is 0 Å². The molecule has 32 heavy (non-hydrogen) atoms. The van der Waals surface area contributed by atoms with Gasteiger partial charge in [0.2, 0.25) is 0 Å². The van der Waals surface area contributed by atoms with Gasteiger partial charge in [0.1, 0.15) is 11.5 Å². The van der Waals surface area contributed by atoms with E-state index < -0.39 is 0 Å². The molecule has 3 nitrogen and oxygen atoms in total. The zero-order chi connectivity index (χ0) is 22.9. The van der Waals surface area contributed by atoms with Crippen LogP contribution < -0.4 is 4.74 Å². The first-order valence-electron chi connectivity index (χ1n) is 12.7. The highest BCUT2D eigenvalue weighted by Gasteiger charge is 2.31. The third-order valence-electron chi connectivity index (χ3n) is 6.98. The molecule has 1 fully saturated rings. The molecule has 0 aromatic heterocycles. The fourth-order valence-corrected chi connectivity index (χ4v) is 5.06. The number of rotatable bonds is 10. The Morgan fingerprint density at radius 3 is 2.25 bits per heavy atom. The van der Waals surface area contributed by atoms with Gasteiger partial charge in [0.05, 0.1) is 0 Å². The Morgan fingerprint density at radius 1 is 0.938 bits per heavy atom. The van der Waals surface area contributed by atoms with Crippen molar-refractivity contribution in [3.63, 3.8) is 0 Å². The first-order chi connectivity index (χ1) is 15.6. The van der Waals surface area contributed by atoms with Crippen LogP contribution in [0.15, 0.2) is 36.4 Å². The number of carbonyl (C=O) groups is 1. The quantitative estimate of drug-likeness (QED) is 0.236. The summed E-state index contributed by atoms with van der Waals surface area (Å²) in [5.74, 6) is 1.33. The van der Waals surface area contributed by atoms with Crippen LogP contribution >= 0.6 is 0 Å². The molecule has 1 atom stereocenters. The topological polar surface area (TPSA) is 46.5 Å². The standard InChI is InChI=1S/C29H40O3/c1-4-7-9-14-28(31)32-27-18-16-22(6-3)20-25(27)29(23-12-10-8-11-13-23)24-19-21(5-2)15-17-26(24)30/h15-20,23,29-30H,4-14H2,1-3H3. The number of ether oxygens (including phenoxy) is 1. The van der Waals surface area contributed by atoms with Gasteiger partial charge >= 0.3 is 5.97 Å². The van der Waals surface area contributed by atoms with Crippen LogP contribution in [0, 0.1) is 5.92 Å². The average Bonchev–Trinajstić information content (AvgIpc) is 2.82. The van der Waals surface area contributed by atoms with Crippen LogP contribution in [0.25, 0.3) is 0 Å². The highest BCUT2D eigenvalue weighted by molar-refractivity contribution is 5.73. The summed E-state index contributed by atoms with van der Waals surface area (Å²) >= 11 is 0. The van der Waals surface area contributed by atoms with Crippen LogP contribution in [0.5, 0.6) is 11.5 Å². The molecule has 3 rings (SSSR count). The third-order valence-corrected chi connectivity index (χ3v) is 6.98. The van der Waals surface area contributed by atoms with Crippen molar-refractivity contribution >= 4 is 5.97 Å². The molecule has 0 saturated heterocycles. The highest BCUT2D eigenvalue weighted by Crippen LogP contribution is 2.46. The number of esters is 1. The van der Waals surface area contributed by atoms with E-state index in [0.29, 0.717) is 23.8 Å². The van der Waals surface area contributed by atoms with Gasteiger partial charge in [-0.1, -0.05) is 77.1 Å². The molecule has 2 aromatic carbocycles. The Bertz CT molecular complexity index is 880. The maximum atomic E-state index is 12.6. The number of aryl methyl sites for hydroxylation is 2. The molecule has 0 amide bonds. The maximum Gasteiger partial charge on any atom is 0.311 e. The first kappa shape index (κ1) is 24.4. The SMILES string of the molecule is CCCCCC(=O)Oc1ccc(CC)cc1C(c1cc(CC)ccc1O)C1CCCCC1. The van der Waals surface area contributed by atoms with E-state index in [0.717, 1.165) is 56.1 Å². The van der Waals surface area contributed by atoms with Crippen molar-refractivity contribution in [3.8, 4) is 11.5 Å². The Labute approximate surface area is 194 Å². The van der Waals surface area contributed by atoms with E-state index in [1.54, 1.807) is 0 Å². The molecule has 0 heterocycles. The molecular weight excluding hydrogens is 396 g/mol. The van der Waals surface area contributed by atoms with Gasteiger partial charge in [-0.15, -0.1) is 0 Å². The fraction of sp³-hybridized carbons (Fsp3) is 0.552. The second-order valence-electron chi connectivity index (χ2n) is 9.28.